The smallest absolute Gasteiger partial charge is 0.263 e. The lowest BCUT2D eigenvalue weighted by Crippen LogP contribution is -2.15. The van der Waals surface area contributed by atoms with Crippen LogP contribution in [0.5, 0.6) is 0 Å². The van der Waals surface area contributed by atoms with Crippen molar-refractivity contribution in [3.05, 3.63) is 60.3 Å². The Morgan fingerprint density at radius 1 is 1.53 bits per heavy atom. The maximum absolute atomic E-state index is 12.5. The van der Waals surface area contributed by atoms with Crippen LogP contribution in [0.3, 0.4) is 0 Å². The van der Waals surface area contributed by atoms with Gasteiger partial charge in [0, 0.05) is 29.6 Å². The van der Waals surface area contributed by atoms with E-state index < -0.39 is 6.43 Å². The molecule has 1 heterocycles. The Morgan fingerprint density at radius 3 is 2.58 bits per heavy atom. The predicted molar refractivity (Wildman–Crippen MR) is 73.5 cm³/mol. The number of aliphatic hydroxyl groups is 1. The van der Waals surface area contributed by atoms with Gasteiger partial charge >= 0.3 is 0 Å². The van der Waals surface area contributed by atoms with Gasteiger partial charge in [0.2, 0.25) is 0 Å². The summed E-state index contributed by atoms with van der Waals surface area (Å²) in [7, 11) is 0. The van der Waals surface area contributed by atoms with E-state index in [0.717, 1.165) is 12.0 Å². The van der Waals surface area contributed by atoms with E-state index >= 15 is 0 Å². The highest BCUT2D eigenvalue weighted by Gasteiger charge is 2.16. The topological polar surface area (TPSA) is 23.5 Å². The molecule has 0 bridgehead atoms. The molecule has 0 spiro atoms. The number of rotatable bonds is 5. The molecule has 2 nitrogen and oxygen atoms in total. The fourth-order valence-electron chi connectivity index (χ4n) is 1.74. The molecule has 0 aromatic rings. The van der Waals surface area contributed by atoms with Crippen LogP contribution in [0.2, 0.25) is 0 Å². The fraction of sp³-hybridized carbons (Fsp3) is 0.333. The Bertz CT molecular complexity index is 461. The second-order valence-corrected chi connectivity index (χ2v) is 4.43. The first-order valence-corrected chi connectivity index (χ1v) is 6.10. The Morgan fingerprint density at radius 2 is 2.16 bits per heavy atom. The molecule has 1 N–H and O–H groups in total. The monoisotopic (exact) mass is 267 g/mol. The normalized spacial score (nSPS) is 17.7. The van der Waals surface area contributed by atoms with Crippen molar-refractivity contribution >= 4 is 0 Å². The standard InChI is InChI=1S/C15H19F2NO/c1-5-13(11(3)12(4)19)9-18-7-6-14(15(16)17)8-10(18)2/h6-9,11,15,19H,2,4-5H2,1,3H3/b13-9+. The quantitative estimate of drug-likeness (QED) is 0.740. The Balaban J connectivity index is 2.92. The minimum absolute atomic E-state index is 0.0488. The van der Waals surface area contributed by atoms with E-state index in [4.69, 9.17) is 0 Å². The van der Waals surface area contributed by atoms with Crippen molar-refractivity contribution < 1.29 is 13.9 Å². The van der Waals surface area contributed by atoms with Gasteiger partial charge in [0.25, 0.3) is 6.43 Å². The van der Waals surface area contributed by atoms with Gasteiger partial charge in [0.05, 0.1) is 5.76 Å². The largest absolute Gasteiger partial charge is 0.512 e. The lowest BCUT2D eigenvalue weighted by Gasteiger charge is -2.24. The molecule has 0 amide bonds. The van der Waals surface area contributed by atoms with E-state index in [9.17, 15) is 13.9 Å². The second kappa shape index (κ2) is 6.36. The zero-order chi connectivity index (χ0) is 14.6. The van der Waals surface area contributed by atoms with Crippen molar-refractivity contribution in [1.29, 1.82) is 0 Å². The lowest BCUT2D eigenvalue weighted by atomic mass is 9.98. The maximum atomic E-state index is 12.5. The molecule has 4 heteroatoms. The first-order valence-electron chi connectivity index (χ1n) is 6.10. The summed E-state index contributed by atoms with van der Waals surface area (Å²) in [5.74, 6) is -0.0878. The summed E-state index contributed by atoms with van der Waals surface area (Å²) in [6, 6.07) is 0. The van der Waals surface area contributed by atoms with Gasteiger partial charge in [-0.25, -0.2) is 8.78 Å². The fourth-order valence-corrected chi connectivity index (χ4v) is 1.74. The summed E-state index contributed by atoms with van der Waals surface area (Å²) in [5.41, 5.74) is 1.37. The van der Waals surface area contributed by atoms with Gasteiger partial charge in [-0.15, -0.1) is 0 Å². The van der Waals surface area contributed by atoms with Gasteiger partial charge in [-0.3, -0.25) is 0 Å². The molecule has 0 saturated carbocycles. The van der Waals surface area contributed by atoms with E-state index in [1.807, 2.05) is 13.8 Å². The van der Waals surface area contributed by atoms with E-state index in [-0.39, 0.29) is 17.3 Å². The first-order chi connectivity index (χ1) is 8.86. The third-order valence-corrected chi connectivity index (χ3v) is 3.11. The zero-order valence-corrected chi connectivity index (χ0v) is 11.2. The minimum Gasteiger partial charge on any atom is -0.512 e. The number of allylic oxidation sites excluding steroid dienone is 4. The Kier molecular flexibility index (Phi) is 5.10. The van der Waals surface area contributed by atoms with Crippen LogP contribution in [-0.2, 0) is 0 Å². The van der Waals surface area contributed by atoms with Crippen molar-refractivity contribution in [3.8, 4) is 0 Å². The summed E-state index contributed by atoms with van der Waals surface area (Å²) >= 11 is 0. The third kappa shape index (κ3) is 3.81. The number of hydrogen-bond acceptors (Lipinski definition) is 2. The van der Waals surface area contributed by atoms with Gasteiger partial charge in [0.1, 0.15) is 0 Å². The summed E-state index contributed by atoms with van der Waals surface area (Å²) in [5, 5.41) is 9.43. The summed E-state index contributed by atoms with van der Waals surface area (Å²) in [4.78, 5) is 1.67. The number of nitrogens with zero attached hydrogens (tertiary/aromatic N) is 1. The molecule has 0 aromatic heterocycles. The van der Waals surface area contributed by atoms with Gasteiger partial charge in [-0.1, -0.05) is 27.0 Å². The summed E-state index contributed by atoms with van der Waals surface area (Å²) < 4.78 is 25.1. The maximum Gasteiger partial charge on any atom is 0.263 e. The first kappa shape index (κ1) is 15.2. The molecule has 0 saturated heterocycles. The molecule has 1 aliphatic rings. The van der Waals surface area contributed by atoms with Crippen molar-refractivity contribution in [3.63, 3.8) is 0 Å². The molecule has 0 aromatic carbocycles. The van der Waals surface area contributed by atoms with Crippen LogP contribution in [0.4, 0.5) is 8.78 Å². The van der Waals surface area contributed by atoms with Gasteiger partial charge < -0.3 is 10.0 Å². The van der Waals surface area contributed by atoms with Crippen molar-refractivity contribution in [2.45, 2.75) is 26.7 Å². The third-order valence-electron chi connectivity index (χ3n) is 3.11. The highest BCUT2D eigenvalue weighted by molar-refractivity contribution is 5.37. The minimum atomic E-state index is -2.50. The average molecular weight is 267 g/mol. The second-order valence-electron chi connectivity index (χ2n) is 4.43. The van der Waals surface area contributed by atoms with E-state index in [1.54, 1.807) is 17.3 Å². The number of alkyl halides is 2. The predicted octanol–water partition coefficient (Wildman–Crippen LogP) is 4.52. The SMILES string of the molecule is C=C(O)C(C)/C(=C/N1C=CC(C(F)F)=CC1=C)CC. The average Bonchev–Trinajstić information content (AvgIpc) is 2.36. The van der Waals surface area contributed by atoms with Crippen LogP contribution in [0.15, 0.2) is 60.3 Å². The van der Waals surface area contributed by atoms with Gasteiger partial charge in [-0.05, 0) is 24.1 Å². The van der Waals surface area contributed by atoms with Crippen LogP contribution in [0, 0.1) is 5.92 Å². The number of hydrogen-bond donors (Lipinski definition) is 1. The highest BCUT2D eigenvalue weighted by atomic mass is 19.3. The van der Waals surface area contributed by atoms with E-state index in [2.05, 4.69) is 13.2 Å². The van der Waals surface area contributed by atoms with Crippen LogP contribution in [-0.4, -0.2) is 16.4 Å². The number of aliphatic hydroxyl groups excluding tert-OH is 1. The van der Waals surface area contributed by atoms with Crippen LogP contribution in [0.25, 0.3) is 0 Å². The van der Waals surface area contributed by atoms with Crippen LogP contribution < -0.4 is 0 Å². The molecule has 0 radical (unpaired) electrons. The van der Waals surface area contributed by atoms with Crippen molar-refractivity contribution in [2.24, 2.45) is 5.92 Å². The van der Waals surface area contributed by atoms with E-state index in [1.165, 1.54) is 12.2 Å². The Hall–Kier alpha value is -1.84. The van der Waals surface area contributed by atoms with Gasteiger partial charge in [0.15, 0.2) is 0 Å². The van der Waals surface area contributed by atoms with Crippen LogP contribution >= 0.6 is 0 Å². The molecular weight excluding hydrogens is 248 g/mol. The summed E-state index contributed by atoms with van der Waals surface area (Å²) in [6.45, 7) is 11.1. The molecule has 104 valence electrons. The van der Waals surface area contributed by atoms with E-state index in [0.29, 0.717) is 5.70 Å². The number of halogens is 2. The Labute approximate surface area is 112 Å². The van der Waals surface area contributed by atoms with Crippen molar-refractivity contribution in [2.75, 3.05) is 0 Å². The highest BCUT2D eigenvalue weighted by Crippen LogP contribution is 2.25. The molecule has 0 fully saturated rings. The molecule has 1 atom stereocenters. The molecule has 1 aliphatic heterocycles. The molecule has 19 heavy (non-hydrogen) atoms. The molecule has 1 rings (SSSR count). The molecule has 0 aliphatic carbocycles. The molecular formula is C15H19F2NO. The molecule has 1 unspecified atom stereocenters. The van der Waals surface area contributed by atoms with Crippen molar-refractivity contribution in [1.82, 2.24) is 4.90 Å². The summed E-state index contributed by atoms with van der Waals surface area (Å²) in [6.07, 6.45) is 4.29. The zero-order valence-electron chi connectivity index (χ0n) is 11.2. The van der Waals surface area contributed by atoms with Gasteiger partial charge in [-0.2, -0.15) is 0 Å². The van der Waals surface area contributed by atoms with Crippen LogP contribution in [0.1, 0.15) is 20.3 Å². The lowest BCUT2D eigenvalue weighted by molar-refractivity contribution is 0.193.